The van der Waals surface area contributed by atoms with Crippen LogP contribution in [0.4, 0.5) is 0 Å². The third-order valence-electron chi connectivity index (χ3n) is 19.2. The summed E-state index contributed by atoms with van der Waals surface area (Å²) >= 11 is 3.65. The average Bonchev–Trinajstić information content (AvgIpc) is 4.18. The van der Waals surface area contributed by atoms with E-state index in [4.69, 9.17) is 10.5 Å². The van der Waals surface area contributed by atoms with Crippen LogP contribution < -0.4 is 10.6 Å². The molecule has 15 rings (SSSR count). The van der Waals surface area contributed by atoms with Gasteiger partial charge in [-0.1, -0.05) is 202 Å². The quantitative estimate of drug-likeness (QED) is 0.0978. The van der Waals surface area contributed by atoms with Crippen molar-refractivity contribution in [2.24, 2.45) is 0 Å². The van der Waals surface area contributed by atoms with Gasteiger partial charge in [-0.25, -0.2) is 0 Å². The number of benzene rings is 9. The maximum absolute atomic E-state index is 11.4. The summed E-state index contributed by atoms with van der Waals surface area (Å²) in [5, 5.41) is 14.1. The zero-order valence-corrected chi connectivity index (χ0v) is 50.4. The van der Waals surface area contributed by atoms with Crippen molar-refractivity contribution in [2.75, 3.05) is 0 Å². The third kappa shape index (κ3) is 7.39. The van der Waals surface area contributed by atoms with Crippen LogP contribution in [0.1, 0.15) is 150 Å². The maximum atomic E-state index is 11.4. The summed E-state index contributed by atoms with van der Waals surface area (Å²) in [6.07, 6.45) is 0. The summed E-state index contributed by atoms with van der Waals surface area (Å²) in [5.74, 6) is 0. The van der Waals surface area contributed by atoms with Crippen molar-refractivity contribution in [3.8, 4) is 66.8 Å². The molecule has 6 aliphatic carbocycles. The normalized spacial score (nSPS) is 17.2. The minimum absolute atomic E-state index is 0.0153. The van der Waals surface area contributed by atoms with Gasteiger partial charge in [0.15, 0.2) is 8.46 Å². The molecule has 0 fully saturated rings. The molecule has 6 aliphatic rings. The van der Waals surface area contributed by atoms with Gasteiger partial charge >= 0.3 is 0 Å². The van der Waals surface area contributed by atoms with E-state index in [1.807, 2.05) is 6.07 Å². The van der Waals surface area contributed by atoms with Gasteiger partial charge in [-0.05, 0) is 199 Å². The summed E-state index contributed by atoms with van der Waals surface area (Å²) in [7, 11) is 2.93. The minimum atomic E-state index is -0.0813. The first-order valence-corrected chi connectivity index (χ1v) is 29.4. The fourth-order valence-electron chi connectivity index (χ4n) is 14.8. The van der Waals surface area contributed by atoms with Gasteiger partial charge in [-0.3, -0.25) is 15.1 Å². The van der Waals surface area contributed by atoms with Gasteiger partial charge in [-0.15, -0.1) is 9.24 Å². The number of rotatable bonds is 1. The topological polar surface area (TPSA) is 57.5 Å². The lowest BCUT2D eigenvalue weighted by Gasteiger charge is -2.24. The zero-order chi connectivity index (χ0) is 55.4. The second-order valence-corrected chi connectivity index (χ2v) is 27.8. The van der Waals surface area contributed by atoms with E-state index in [9.17, 15) is 4.57 Å². The number of fused-ring (bicyclic) bond motifs is 18. The van der Waals surface area contributed by atoms with Crippen molar-refractivity contribution in [1.82, 2.24) is 0 Å². The van der Waals surface area contributed by atoms with Crippen LogP contribution in [0.5, 0.6) is 0 Å². The van der Waals surface area contributed by atoms with Crippen LogP contribution in [0.3, 0.4) is 0 Å². The van der Waals surface area contributed by atoms with E-state index in [-0.39, 0.29) is 41.0 Å². The number of halogens is 1. The van der Waals surface area contributed by atoms with Gasteiger partial charge in [-0.2, -0.15) is 0 Å². The van der Waals surface area contributed by atoms with Crippen molar-refractivity contribution in [3.63, 3.8) is 0 Å². The van der Waals surface area contributed by atoms with Crippen molar-refractivity contribution < 1.29 is 15.1 Å². The van der Waals surface area contributed by atoms with Crippen molar-refractivity contribution >= 4 is 44.2 Å². The molecular formula is C72H67BrO3P2. The summed E-state index contributed by atoms with van der Waals surface area (Å²) in [6.45, 7) is 28.1. The number of hydrogen-bond acceptors (Lipinski definition) is 3. The summed E-state index contributed by atoms with van der Waals surface area (Å²) < 4.78 is 12.5. The van der Waals surface area contributed by atoms with Crippen LogP contribution in [-0.2, 0) is 37.1 Å². The second kappa shape index (κ2) is 18.0. The van der Waals surface area contributed by atoms with E-state index < -0.39 is 0 Å². The molecule has 1 unspecified atom stereocenters. The molecule has 0 spiro atoms. The Balaban J connectivity index is 0.000000115. The SMILES string of the molecule is CC1(C)c2ccccc2-c2cc3c(cc21)-c1ccc(Br)cc1C3(C)C.CC1(C)c2ccccc2-c2cc3c(cc21)-c1ccc(P)cc1C3(C)C.CC1(C)c2ccccc2-c2cc3c(cc21)-c1ccc(P=O)cc1C3(C)C.OO. The van der Waals surface area contributed by atoms with Crippen LogP contribution in [0.25, 0.3) is 66.8 Å². The lowest BCUT2D eigenvalue weighted by atomic mass is 9.79. The molecule has 0 saturated heterocycles. The Hall–Kier alpha value is -6.09. The second-order valence-electron chi connectivity index (χ2n) is 25.5. The fraction of sp³-hybridized carbons (Fsp3) is 0.250. The largest absolute Gasteiger partial charge is 0.269 e. The van der Waals surface area contributed by atoms with Gasteiger partial charge < -0.3 is 0 Å². The highest BCUT2D eigenvalue weighted by molar-refractivity contribution is 9.10. The molecule has 0 amide bonds. The molecule has 0 aliphatic heterocycles. The van der Waals surface area contributed by atoms with Crippen molar-refractivity contribution in [1.29, 1.82) is 0 Å². The first-order valence-electron chi connectivity index (χ1n) is 27.2. The summed E-state index contributed by atoms with van der Waals surface area (Å²) in [4.78, 5) is 0. The Kier molecular flexibility index (Phi) is 12.1. The predicted molar refractivity (Wildman–Crippen MR) is 334 cm³/mol. The first kappa shape index (κ1) is 52.6. The Morgan fingerprint density at radius 1 is 0.308 bits per heavy atom. The predicted octanol–water partition coefficient (Wildman–Crippen LogP) is 19.1. The standard InChI is InChI=1S/C24H21Br.C24H21OP.C24H23P.H2O2/c1-23(2)19-8-6-5-7-15(19)17-12-22-18(13-21(17)23)16-10-9-14(25)11-20(16)24(22,3)4;1-23(2)19-8-6-5-7-15(19)17-12-22-18(13-21(17)23)16-10-9-14(26-25)11-20(16)24(22,3)4;1-23(2)19-8-6-5-7-15(19)17-12-22-18(13-21(17)23)16-10-9-14(25)11-20(16)24(22,3)4;1-2/h5-13H,1-4H3;5-13H,1-4H3;5-13H,25H2,1-4H3;1-2H. The van der Waals surface area contributed by atoms with E-state index in [2.05, 4.69) is 266 Å². The highest BCUT2D eigenvalue weighted by atomic mass is 79.9. The van der Waals surface area contributed by atoms with Crippen LogP contribution in [0.15, 0.2) is 168 Å². The third-order valence-corrected chi connectivity index (χ3v) is 20.6. The summed E-state index contributed by atoms with van der Waals surface area (Å²) in [6, 6.07) is 61.1. The van der Waals surface area contributed by atoms with Gasteiger partial charge in [0.05, 0.1) is 0 Å². The smallest absolute Gasteiger partial charge is 0.192 e. The minimum Gasteiger partial charge on any atom is -0.269 e. The molecule has 0 radical (unpaired) electrons. The van der Waals surface area contributed by atoms with Crippen LogP contribution in [0, 0.1) is 0 Å². The van der Waals surface area contributed by atoms with Gasteiger partial charge in [0.2, 0.25) is 0 Å². The maximum Gasteiger partial charge on any atom is 0.192 e. The molecule has 390 valence electrons. The monoisotopic (exact) mass is 1120 g/mol. The Labute approximate surface area is 473 Å². The lowest BCUT2D eigenvalue weighted by molar-refractivity contribution is -0.176. The molecule has 9 aromatic carbocycles. The highest BCUT2D eigenvalue weighted by Crippen LogP contribution is 2.59. The zero-order valence-electron chi connectivity index (χ0n) is 46.8. The summed E-state index contributed by atoms with van der Waals surface area (Å²) in [5.41, 5.74) is 33.8. The number of hydrogen-bond donors (Lipinski definition) is 2. The molecule has 0 bridgehead atoms. The van der Waals surface area contributed by atoms with Gasteiger partial charge in [0, 0.05) is 42.3 Å². The molecule has 2 N–H and O–H groups in total. The lowest BCUT2D eigenvalue weighted by Crippen LogP contribution is -2.17. The molecule has 78 heavy (non-hydrogen) atoms. The molecular weight excluding hydrogens is 1050 g/mol. The Morgan fingerprint density at radius 3 is 0.910 bits per heavy atom. The van der Waals surface area contributed by atoms with Crippen LogP contribution in [0.2, 0.25) is 0 Å². The van der Waals surface area contributed by atoms with Gasteiger partial charge in [0.1, 0.15) is 0 Å². The van der Waals surface area contributed by atoms with Crippen LogP contribution in [-0.4, -0.2) is 10.5 Å². The first-order chi connectivity index (χ1) is 37.0. The van der Waals surface area contributed by atoms with Crippen molar-refractivity contribution in [2.45, 2.75) is 116 Å². The fourth-order valence-corrected chi connectivity index (χ4v) is 15.8. The molecule has 1 atom stereocenters. The van der Waals surface area contributed by atoms with Gasteiger partial charge in [0.25, 0.3) is 0 Å². The molecule has 6 heteroatoms. The molecule has 9 aromatic rings. The molecule has 0 saturated carbocycles. The Morgan fingerprint density at radius 2 is 0.564 bits per heavy atom. The molecule has 3 nitrogen and oxygen atoms in total. The van der Waals surface area contributed by atoms with E-state index in [1.165, 1.54) is 139 Å². The van der Waals surface area contributed by atoms with E-state index in [0.717, 1.165) is 9.78 Å². The van der Waals surface area contributed by atoms with E-state index >= 15 is 0 Å². The Bertz CT molecular complexity index is 3880. The van der Waals surface area contributed by atoms with E-state index in [1.54, 1.807) is 0 Å². The van der Waals surface area contributed by atoms with E-state index in [0.29, 0.717) is 0 Å². The molecule has 0 heterocycles. The molecule has 0 aromatic heterocycles. The van der Waals surface area contributed by atoms with Crippen LogP contribution >= 0.6 is 33.6 Å². The average molecular weight is 1120 g/mol. The highest BCUT2D eigenvalue weighted by Gasteiger charge is 2.45. The van der Waals surface area contributed by atoms with Crippen molar-refractivity contribution in [3.05, 3.63) is 235 Å².